The van der Waals surface area contributed by atoms with Crippen LogP contribution in [0.25, 0.3) is 0 Å². The minimum Gasteiger partial charge on any atom is -0.378 e. The Morgan fingerprint density at radius 3 is 2.65 bits per heavy atom. The number of ether oxygens (including phenoxy) is 2. The van der Waals surface area contributed by atoms with Crippen LogP contribution >= 0.6 is 11.3 Å². The van der Waals surface area contributed by atoms with Crippen LogP contribution in [-0.2, 0) is 28.2 Å². The van der Waals surface area contributed by atoms with Crippen molar-refractivity contribution in [2.24, 2.45) is 0 Å². The van der Waals surface area contributed by atoms with E-state index in [1.807, 2.05) is 7.11 Å². The van der Waals surface area contributed by atoms with Gasteiger partial charge in [-0.3, -0.25) is 0 Å². The molecule has 20 heavy (non-hydrogen) atoms. The molecule has 0 aliphatic heterocycles. The average Bonchev–Trinajstić information content (AvgIpc) is 3.08. The van der Waals surface area contributed by atoms with Crippen LogP contribution in [0.3, 0.4) is 0 Å². The van der Waals surface area contributed by atoms with E-state index in [2.05, 4.69) is 12.2 Å². The predicted octanol–water partition coefficient (Wildman–Crippen LogP) is 3.20. The van der Waals surface area contributed by atoms with E-state index in [9.17, 15) is 0 Å². The molecule has 0 atom stereocenters. The molecule has 1 aliphatic rings. The second kappa shape index (κ2) is 7.50. The maximum Gasteiger partial charge on any atom is 0.125 e. The van der Waals surface area contributed by atoms with Gasteiger partial charge in [-0.15, -0.1) is 11.3 Å². The molecule has 0 aromatic carbocycles. The molecule has 0 spiro atoms. The van der Waals surface area contributed by atoms with Crippen LogP contribution in [0.2, 0.25) is 0 Å². The zero-order valence-electron chi connectivity index (χ0n) is 12.8. The molecule has 1 aliphatic carbocycles. The number of nitrogens with one attached hydrogen (secondary N) is 1. The molecule has 4 nitrogen and oxygen atoms in total. The van der Waals surface area contributed by atoms with Crippen molar-refractivity contribution in [2.45, 2.75) is 57.8 Å². The van der Waals surface area contributed by atoms with E-state index in [4.69, 9.17) is 14.5 Å². The van der Waals surface area contributed by atoms with Crippen molar-refractivity contribution < 1.29 is 9.47 Å². The predicted molar refractivity (Wildman–Crippen MR) is 82.0 cm³/mol. The van der Waals surface area contributed by atoms with Gasteiger partial charge in [-0.1, -0.05) is 19.8 Å². The molecule has 1 aromatic heterocycles. The van der Waals surface area contributed by atoms with Gasteiger partial charge in [0.25, 0.3) is 0 Å². The number of nitrogens with zero attached hydrogens (tertiary/aromatic N) is 1. The van der Waals surface area contributed by atoms with Crippen molar-refractivity contribution in [1.29, 1.82) is 0 Å². The molecular weight excluding hydrogens is 272 g/mol. The fraction of sp³-hybridized carbons (Fsp3) is 0.800. The number of rotatable bonds is 8. The van der Waals surface area contributed by atoms with Crippen molar-refractivity contribution in [3.05, 3.63) is 15.6 Å². The van der Waals surface area contributed by atoms with Crippen LogP contribution in [0, 0.1) is 0 Å². The zero-order valence-corrected chi connectivity index (χ0v) is 13.6. The summed E-state index contributed by atoms with van der Waals surface area (Å²) in [6.45, 7) is 4.68. The third kappa shape index (κ3) is 3.39. The summed E-state index contributed by atoms with van der Waals surface area (Å²) in [5.41, 5.74) is 0.926. The van der Waals surface area contributed by atoms with Crippen LogP contribution < -0.4 is 5.32 Å². The van der Waals surface area contributed by atoms with E-state index in [0.717, 1.165) is 43.1 Å². The lowest BCUT2D eigenvalue weighted by molar-refractivity contribution is -0.00911. The molecular formula is C15H26N2O2S. The second-order valence-electron chi connectivity index (χ2n) is 5.40. The molecule has 5 heteroatoms. The van der Waals surface area contributed by atoms with Crippen LogP contribution in [0.1, 0.15) is 54.6 Å². The Kier molecular flexibility index (Phi) is 5.96. The largest absolute Gasteiger partial charge is 0.378 e. The molecule has 0 saturated heterocycles. The topological polar surface area (TPSA) is 43.4 Å². The quantitative estimate of drug-likeness (QED) is 0.749. The Balaban J connectivity index is 2.18. The highest BCUT2D eigenvalue weighted by atomic mass is 32.1. The molecule has 2 rings (SSSR count). The summed E-state index contributed by atoms with van der Waals surface area (Å²) in [5.74, 6) is 0. The lowest BCUT2D eigenvalue weighted by Gasteiger charge is -2.24. The number of aromatic nitrogens is 1. The molecule has 1 fully saturated rings. The third-order valence-corrected chi connectivity index (χ3v) is 5.25. The van der Waals surface area contributed by atoms with Gasteiger partial charge in [0.1, 0.15) is 10.6 Å². The maximum absolute atomic E-state index is 5.84. The van der Waals surface area contributed by atoms with E-state index in [1.165, 1.54) is 17.7 Å². The molecule has 0 amide bonds. The van der Waals surface area contributed by atoms with Crippen molar-refractivity contribution >= 4 is 11.3 Å². The molecule has 1 heterocycles. The summed E-state index contributed by atoms with van der Waals surface area (Å²) in [4.78, 5) is 6.12. The Morgan fingerprint density at radius 2 is 2.05 bits per heavy atom. The summed E-state index contributed by atoms with van der Waals surface area (Å²) in [6, 6.07) is 0. The molecule has 1 N–H and O–H groups in total. The summed E-state index contributed by atoms with van der Waals surface area (Å²) in [7, 11) is 3.54. The molecule has 1 saturated carbocycles. The monoisotopic (exact) mass is 298 g/mol. The summed E-state index contributed by atoms with van der Waals surface area (Å²) >= 11 is 1.79. The fourth-order valence-electron chi connectivity index (χ4n) is 2.80. The molecule has 0 bridgehead atoms. The van der Waals surface area contributed by atoms with Gasteiger partial charge in [0, 0.05) is 25.6 Å². The third-order valence-electron chi connectivity index (χ3n) is 3.96. The number of hydrogen-bond acceptors (Lipinski definition) is 5. The number of thiazole rings is 1. The van der Waals surface area contributed by atoms with Gasteiger partial charge in [0.05, 0.1) is 12.3 Å². The van der Waals surface area contributed by atoms with Crippen LogP contribution in [-0.4, -0.2) is 25.7 Å². The highest BCUT2D eigenvalue weighted by Gasteiger charge is 2.39. The first kappa shape index (κ1) is 15.9. The average molecular weight is 298 g/mol. The fourth-order valence-corrected chi connectivity index (χ4v) is 4.06. The van der Waals surface area contributed by atoms with Gasteiger partial charge in [0.15, 0.2) is 0 Å². The smallest absolute Gasteiger partial charge is 0.125 e. The van der Waals surface area contributed by atoms with Gasteiger partial charge < -0.3 is 14.8 Å². The van der Waals surface area contributed by atoms with Crippen molar-refractivity contribution in [2.75, 3.05) is 20.8 Å². The SMILES string of the molecule is CCCNCc1sc(C2(OC)CCCC2)nc1COC. The summed E-state index contributed by atoms with van der Waals surface area (Å²) < 4.78 is 11.1. The highest BCUT2D eigenvalue weighted by molar-refractivity contribution is 7.11. The second-order valence-corrected chi connectivity index (χ2v) is 6.49. The van der Waals surface area contributed by atoms with E-state index < -0.39 is 0 Å². The Hall–Kier alpha value is -0.490. The summed E-state index contributed by atoms with van der Waals surface area (Å²) in [6.07, 6.45) is 5.79. The Morgan fingerprint density at radius 1 is 1.30 bits per heavy atom. The Bertz CT molecular complexity index is 414. The van der Waals surface area contributed by atoms with Crippen molar-refractivity contribution in [1.82, 2.24) is 10.3 Å². The normalized spacial score (nSPS) is 17.8. The van der Waals surface area contributed by atoms with E-state index >= 15 is 0 Å². The first-order chi connectivity index (χ1) is 9.75. The lowest BCUT2D eigenvalue weighted by atomic mass is 10.0. The van der Waals surface area contributed by atoms with Crippen molar-refractivity contribution in [3.63, 3.8) is 0 Å². The molecule has 1 aromatic rings. The van der Waals surface area contributed by atoms with E-state index in [1.54, 1.807) is 18.4 Å². The van der Waals surface area contributed by atoms with E-state index in [0.29, 0.717) is 6.61 Å². The number of methoxy groups -OCH3 is 2. The van der Waals surface area contributed by atoms with Gasteiger partial charge in [-0.05, 0) is 25.8 Å². The van der Waals surface area contributed by atoms with E-state index in [-0.39, 0.29) is 5.60 Å². The maximum atomic E-state index is 5.84. The first-order valence-electron chi connectivity index (χ1n) is 7.49. The van der Waals surface area contributed by atoms with Gasteiger partial charge >= 0.3 is 0 Å². The Labute approximate surface area is 125 Å². The standard InChI is InChI=1S/C15H26N2O2S/c1-4-9-16-10-13-12(11-18-2)17-14(20-13)15(19-3)7-5-6-8-15/h16H,4-11H2,1-3H3. The molecule has 114 valence electrons. The minimum atomic E-state index is -0.143. The molecule has 0 unspecified atom stereocenters. The van der Waals surface area contributed by atoms with Crippen molar-refractivity contribution in [3.8, 4) is 0 Å². The lowest BCUT2D eigenvalue weighted by Crippen LogP contribution is -2.24. The number of hydrogen-bond donors (Lipinski definition) is 1. The van der Waals surface area contributed by atoms with Crippen LogP contribution in [0.15, 0.2) is 0 Å². The highest BCUT2D eigenvalue weighted by Crippen LogP contribution is 2.43. The van der Waals surface area contributed by atoms with Crippen LogP contribution in [0.4, 0.5) is 0 Å². The van der Waals surface area contributed by atoms with Gasteiger partial charge in [-0.2, -0.15) is 0 Å². The zero-order chi connectivity index (χ0) is 14.4. The summed E-state index contributed by atoms with van der Waals surface area (Å²) in [5, 5.41) is 4.60. The minimum absolute atomic E-state index is 0.143. The van der Waals surface area contributed by atoms with Gasteiger partial charge in [-0.25, -0.2) is 4.98 Å². The van der Waals surface area contributed by atoms with Gasteiger partial charge in [0.2, 0.25) is 0 Å². The first-order valence-corrected chi connectivity index (χ1v) is 8.31. The molecule has 0 radical (unpaired) electrons. The van der Waals surface area contributed by atoms with Crippen LogP contribution in [0.5, 0.6) is 0 Å².